The van der Waals surface area contributed by atoms with Crippen LogP contribution in [-0.2, 0) is 11.3 Å². The molecule has 1 N–H and O–H groups in total. The van der Waals surface area contributed by atoms with E-state index in [-0.39, 0.29) is 23.9 Å². The van der Waals surface area contributed by atoms with Crippen LogP contribution in [0.3, 0.4) is 0 Å². The van der Waals surface area contributed by atoms with Gasteiger partial charge in [0.05, 0.1) is 23.3 Å². The molecule has 1 atom stereocenters. The van der Waals surface area contributed by atoms with Crippen LogP contribution in [0.1, 0.15) is 19.8 Å². The Morgan fingerprint density at radius 2 is 2.30 bits per heavy atom. The Morgan fingerprint density at radius 3 is 2.96 bits per heavy atom. The molecule has 0 unspecified atom stereocenters. The van der Waals surface area contributed by atoms with E-state index in [1.54, 1.807) is 25.1 Å². The van der Waals surface area contributed by atoms with Crippen LogP contribution in [0.5, 0.6) is 0 Å². The molecule has 0 aliphatic heterocycles. The number of hydrogen-bond acceptors (Lipinski definition) is 4. The number of nitrogens with zero attached hydrogens (tertiary/aromatic N) is 3. The summed E-state index contributed by atoms with van der Waals surface area (Å²) < 4.78 is 2.03. The fourth-order valence-corrected chi connectivity index (χ4v) is 2.97. The summed E-state index contributed by atoms with van der Waals surface area (Å²) in [5.41, 5.74) is -0.570. The van der Waals surface area contributed by atoms with Crippen LogP contribution in [0.4, 0.5) is 0 Å². The van der Waals surface area contributed by atoms with Crippen LogP contribution < -0.4 is 10.9 Å². The summed E-state index contributed by atoms with van der Waals surface area (Å²) in [6, 6.07) is 7.40. The predicted molar refractivity (Wildman–Crippen MR) is 88.6 cm³/mol. The average molecular weight is 375 g/mol. The zero-order valence-electron chi connectivity index (χ0n) is 12.5. The van der Waals surface area contributed by atoms with Gasteiger partial charge in [0.25, 0.3) is 5.56 Å². The molecular weight excluding hydrogens is 360 g/mol. The molecule has 0 saturated heterocycles. The molecule has 1 aliphatic carbocycles. The maximum Gasteiger partial charge on any atom is 0.261 e. The van der Waals surface area contributed by atoms with Crippen molar-refractivity contribution in [3.63, 3.8) is 0 Å². The molecule has 1 aromatic carbocycles. The number of hydrogen-bond donors (Lipinski definition) is 1. The Morgan fingerprint density at radius 1 is 1.57 bits per heavy atom. The van der Waals surface area contributed by atoms with E-state index in [9.17, 15) is 14.9 Å². The van der Waals surface area contributed by atoms with Crippen LogP contribution >= 0.6 is 15.9 Å². The predicted octanol–water partition coefficient (Wildman–Crippen LogP) is 1.97. The molecule has 1 aliphatic rings. The molecule has 1 aromatic heterocycles. The highest BCUT2D eigenvalue weighted by Gasteiger charge is 2.43. The van der Waals surface area contributed by atoms with Gasteiger partial charge < -0.3 is 5.32 Å². The van der Waals surface area contributed by atoms with Crippen LogP contribution in [0.25, 0.3) is 10.9 Å². The molecule has 2 aromatic rings. The highest BCUT2D eigenvalue weighted by atomic mass is 79.9. The van der Waals surface area contributed by atoms with Crippen molar-refractivity contribution in [1.29, 1.82) is 5.26 Å². The Bertz CT molecular complexity index is 882. The highest BCUT2D eigenvalue weighted by molar-refractivity contribution is 9.10. The first-order chi connectivity index (χ1) is 10.9. The largest absolute Gasteiger partial charge is 0.336 e. The van der Waals surface area contributed by atoms with Crippen molar-refractivity contribution in [2.45, 2.75) is 31.8 Å². The van der Waals surface area contributed by atoms with Crippen molar-refractivity contribution < 1.29 is 4.79 Å². The normalized spacial score (nSPS) is 16.6. The third-order valence-corrected chi connectivity index (χ3v) is 4.62. The van der Waals surface area contributed by atoms with E-state index in [1.165, 1.54) is 10.9 Å². The number of carbonyl (C=O) groups is 1. The lowest BCUT2D eigenvalue weighted by Crippen LogP contribution is -2.48. The highest BCUT2D eigenvalue weighted by Crippen LogP contribution is 2.39. The van der Waals surface area contributed by atoms with Crippen molar-refractivity contribution in [1.82, 2.24) is 14.9 Å². The number of carbonyl (C=O) groups excluding carboxylic acids is 1. The molecule has 23 heavy (non-hydrogen) atoms. The molecule has 0 spiro atoms. The molecule has 0 bridgehead atoms. The number of fused-ring (bicyclic) bond motifs is 1. The fraction of sp³-hybridized carbons (Fsp3) is 0.375. The number of amides is 1. The van der Waals surface area contributed by atoms with Crippen molar-refractivity contribution >= 4 is 32.7 Å². The summed E-state index contributed by atoms with van der Waals surface area (Å²) in [6.07, 6.45) is 3.24. The summed E-state index contributed by atoms with van der Waals surface area (Å²) in [7, 11) is 0. The van der Waals surface area contributed by atoms with Gasteiger partial charge in [0, 0.05) is 4.47 Å². The second-order valence-corrected chi connectivity index (χ2v) is 6.89. The molecule has 1 heterocycles. The first-order valence-corrected chi connectivity index (χ1v) is 8.09. The van der Waals surface area contributed by atoms with Gasteiger partial charge in [-0.3, -0.25) is 14.2 Å². The topological polar surface area (TPSA) is 87.8 Å². The molecule has 7 heteroatoms. The van der Waals surface area contributed by atoms with E-state index >= 15 is 0 Å². The van der Waals surface area contributed by atoms with Crippen LogP contribution in [0.15, 0.2) is 33.8 Å². The second-order valence-electron chi connectivity index (χ2n) is 5.98. The molecule has 118 valence electrons. The van der Waals surface area contributed by atoms with Gasteiger partial charge >= 0.3 is 0 Å². The number of benzene rings is 1. The number of nitrogens with one attached hydrogen (secondary N) is 1. The fourth-order valence-electron chi connectivity index (χ4n) is 2.61. The maximum absolute atomic E-state index is 12.5. The lowest BCUT2D eigenvalue weighted by molar-refractivity contribution is -0.123. The van der Waals surface area contributed by atoms with Gasteiger partial charge in [0.2, 0.25) is 5.91 Å². The Labute approximate surface area is 141 Å². The molecule has 6 nitrogen and oxygen atoms in total. The third kappa shape index (κ3) is 3.13. The van der Waals surface area contributed by atoms with Crippen molar-refractivity contribution in [2.24, 2.45) is 5.92 Å². The van der Waals surface area contributed by atoms with Crippen molar-refractivity contribution in [3.05, 3.63) is 39.4 Å². The smallest absolute Gasteiger partial charge is 0.261 e. The Hall–Kier alpha value is -2.20. The van der Waals surface area contributed by atoms with Crippen LogP contribution in [0.2, 0.25) is 0 Å². The molecule has 3 rings (SSSR count). The van der Waals surface area contributed by atoms with Crippen LogP contribution in [0, 0.1) is 17.2 Å². The van der Waals surface area contributed by atoms with E-state index in [0.29, 0.717) is 10.9 Å². The zero-order chi connectivity index (χ0) is 16.6. The Balaban J connectivity index is 1.84. The quantitative estimate of drug-likeness (QED) is 0.885. The number of rotatable bonds is 4. The van der Waals surface area contributed by atoms with Gasteiger partial charge in [0.1, 0.15) is 12.1 Å². The minimum Gasteiger partial charge on any atom is -0.336 e. The van der Waals surface area contributed by atoms with E-state index in [4.69, 9.17) is 0 Å². The zero-order valence-corrected chi connectivity index (χ0v) is 14.1. The Kier molecular flexibility index (Phi) is 3.94. The summed E-state index contributed by atoms with van der Waals surface area (Å²) in [6.45, 7) is 1.57. The van der Waals surface area contributed by atoms with Crippen molar-refractivity contribution in [2.75, 3.05) is 0 Å². The lowest BCUT2D eigenvalue weighted by atomic mass is 9.98. The summed E-state index contributed by atoms with van der Waals surface area (Å²) in [5, 5.41) is 12.5. The van der Waals surface area contributed by atoms with E-state index < -0.39 is 5.54 Å². The maximum atomic E-state index is 12.5. The summed E-state index contributed by atoms with van der Waals surface area (Å²) >= 11 is 3.32. The van der Waals surface area contributed by atoms with Gasteiger partial charge in [-0.05, 0) is 43.9 Å². The average Bonchev–Trinajstić information content (AvgIpc) is 3.35. The molecule has 1 saturated carbocycles. The van der Waals surface area contributed by atoms with Gasteiger partial charge in [-0.2, -0.15) is 5.26 Å². The van der Waals surface area contributed by atoms with E-state index in [2.05, 4.69) is 32.3 Å². The summed E-state index contributed by atoms with van der Waals surface area (Å²) in [5.74, 6) is -0.168. The monoisotopic (exact) mass is 374 g/mol. The van der Waals surface area contributed by atoms with E-state index in [1.807, 2.05) is 0 Å². The van der Waals surface area contributed by atoms with Gasteiger partial charge in [0.15, 0.2) is 0 Å². The molecule has 0 radical (unpaired) electrons. The van der Waals surface area contributed by atoms with Gasteiger partial charge in [-0.15, -0.1) is 0 Å². The van der Waals surface area contributed by atoms with Crippen LogP contribution in [-0.4, -0.2) is 21.0 Å². The first-order valence-electron chi connectivity index (χ1n) is 7.30. The third-order valence-electron chi connectivity index (χ3n) is 4.13. The second kappa shape index (κ2) is 5.78. The number of nitriles is 1. The molecule has 1 fully saturated rings. The van der Waals surface area contributed by atoms with Crippen molar-refractivity contribution in [3.8, 4) is 6.07 Å². The first kappa shape index (κ1) is 15.7. The minimum absolute atomic E-state index is 0.154. The number of halogens is 1. The SMILES string of the molecule is C[C@@](C#N)(NC(=O)Cn1cnc2ccc(Br)cc2c1=O)C1CC1. The lowest BCUT2D eigenvalue weighted by Gasteiger charge is -2.23. The van der Waals surface area contributed by atoms with E-state index in [0.717, 1.165) is 17.3 Å². The standard InChI is InChI=1S/C16H15BrN4O2/c1-16(8-18,10-2-3-10)20-14(22)7-21-9-19-13-5-4-11(17)6-12(13)15(21)23/h4-6,9-10H,2-3,7H2,1H3,(H,20,22)/t16-/m0/s1. The summed E-state index contributed by atoms with van der Waals surface area (Å²) in [4.78, 5) is 28.9. The number of aromatic nitrogens is 2. The minimum atomic E-state index is -0.867. The van der Waals surface area contributed by atoms with Gasteiger partial charge in [-0.25, -0.2) is 4.98 Å². The molecule has 1 amide bonds. The van der Waals surface area contributed by atoms with Gasteiger partial charge in [-0.1, -0.05) is 15.9 Å². The molecular formula is C16H15BrN4O2.